The van der Waals surface area contributed by atoms with Gasteiger partial charge < -0.3 is 28.6 Å². The van der Waals surface area contributed by atoms with Crippen molar-refractivity contribution in [3.8, 4) is 40.2 Å². The van der Waals surface area contributed by atoms with Crippen LogP contribution in [-0.4, -0.2) is 51.0 Å². The van der Waals surface area contributed by atoms with Gasteiger partial charge in [-0.05, 0) is 53.1 Å². The predicted molar refractivity (Wildman–Crippen MR) is 140 cm³/mol. The SMILES string of the molecule is COc1cc(CC(=O)N2CCC3(CC2)OCc2cc(-c4cccc(C#N)c4)ccc2O3)cc(OC)c1OC. The molecule has 0 bridgehead atoms. The molecule has 0 N–H and O–H groups in total. The van der Waals surface area contributed by atoms with Gasteiger partial charge >= 0.3 is 0 Å². The molecule has 2 aliphatic rings. The van der Waals surface area contributed by atoms with Gasteiger partial charge in [0.05, 0.1) is 46.0 Å². The van der Waals surface area contributed by atoms with Crippen molar-refractivity contribution < 1.29 is 28.5 Å². The third-order valence-electron chi connectivity index (χ3n) is 7.13. The molecule has 1 fully saturated rings. The zero-order valence-corrected chi connectivity index (χ0v) is 21.8. The van der Waals surface area contributed by atoms with Crippen molar-refractivity contribution in [2.45, 2.75) is 31.7 Å². The fraction of sp³-hybridized carbons (Fsp3) is 0.333. The van der Waals surface area contributed by atoms with Crippen molar-refractivity contribution in [3.63, 3.8) is 0 Å². The number of amides is 1. The lowest BCUT2D eigenvalue weighted by Crippen LogP contribution is -2.52. The van der Waals surface area contributed by atoms with Gasteiger partial charge in [0, 0.05) is 31.5 Å². The summed E-state index contributed by atoms with van der Waals surface area (Å²) in [6.07, 6.45) is 1.39. The maximum Gasteiger partial charge on any atom is 0.227 e. The summed E-state index contributed by atoms with van der Waals surface area (Å²) in [6.45, 7) is 1.51. The number of nitriles is 1. The molecule has 196 valence electrons. The highest BCUT2D eigenvalue weighted by Crippen LogP contribution is 2.40. The molecule has 1 spiro atoms. The lowest BCUT2D eigenvalue weighted by atomic mass is 9.98. The Morgan fingerprint density at radius 1 is 0.974 bits per heavy atom. The number of likely N-dealkylation sites (tertiary alicyclic amines) is 1. The molecule has 2 aliphatic heterocycles. The third-order valence-corrected chi connectivity index (χ3v) is 7.13. The number of piperidine rings is 1. The van der Waals surface area contributed by atoms with Gasteiger partial charge in [0.2, 0.25) is 17.4 Å². The first-order chi connectivity index (χ1) is 18.5. The monoisotopic (exact) mass is 514 g/mol. The average Bonchev–Trinajstić information content (AvgIpc) is 2.96. The molecule has 2 heterocycles. The zero-order valence-electron chi connectivity index (χ0n) is 21.8. The Labute approximate surface area is 222 Å². The molecule has 0 unspecified atom stereocenters. The number of nitrogens with zero attached hydrogens (tertiary/aromatic N) is 2. The van der Waals surface area contributed by atoms with Crippen LogP contribution in [0.2, 0.25) is 0 Å². The van der Waals surface area contributed by atoms with Gasteiger partial charge in [-0.1, -0.05) is 18.2 Å². The first-order valence-electron chi connectivity index (χ1n) is 12.5. The van der Waals surface area contributed by atoms with E-state index in [9.17, 15) is 10.1 Å². The van der Waals surface area contributed by atoms with E-state index in [0.29, 0.717) is 55.4 Å². The van der Waals surface area contributed by atoms with Crippen molar-refractivity contribution >= 4 is 5.91 Å². The number of rotatable bonds is 6. The molecule has 5 rings (SSSR count). The smallest absolute Gasteiger partial charge is 0.227 e. The number of carbonyl (C=O) groups excluding carboxylic acids is 1. The summed E-state index contributed by atoms with van der Waals surface area (Å²) in [5.41, 5.74) is 4.37. The van der Waals surface area contributed by atoms with Crippen LogP contribution in [0.25, 0.3) is 11.1 Å². The number of carbonyl (C=O) groups is 1. The lowest BCUT2D eigenvalue weighted by Gasteiger charge is -2.44. The Kier molecular flexibility index (Phi) is 7.12. The number of methoxy groups -OCH3 is 3. The first kappa shape index (κ1) is 25.4. The second kappa shape index (κ2) is 10.6. The van der Waals surface area contributed by atoms with Crippen LogP contribution in [0.5, 0.6) is 23.0 Å². The van der Waals surface area contributed by atoms with Gasteiger partial charge in [-0.2, -0.15) is 5.26 Å². The highest BCUT2D eigenvalue weighted by molar-refractivity contribution is 5.79. The second-order valence-electron chi connectivity index (χ2n) is 9.41. The summed E-state index contributed by atoms with van der Waals surface area (Å²) >= 11 is 0. The molecule has 0 atom stereocenters. The largest absolute Gasteiger partial charge is 0.493 e. The first-order valence-corrected chi connectivity index (χ1v) is 12.5. The number of ether oxygens (including phenoxy) is 5. The number of benzene rings is 3. The van der Waals surface area contributed by atoms with Crippen molar-refractivity contribution in [2.24, 2.45) is 0 Å². The van der Waals surface area contributed by atoms with E-state index >= 15 is 0 Å². The zero-order chi connectivity index (χ0) is 26.7. The fourth-order valence-electron chi connectivity index (χ4n) is 5.05. The molecule has 0 aromatic heterocycles. The van der Waals surface area contributed by atoms with E-state index in [1.165, 1.54) is 0 Å². The third kappa shape index (κ3) is 4.98. The van der Waals surface area contributed by atoms with Gasteiger partial charge in [-0.15, -0.1) is 0 Å². The standard InChI is InChI=1S/C30H30N2O6/c1-34-26-14-21(15-27(35-2)29(26)36-3)16-28(33)32-11-9-30(10-12-32)37-19-24-17-23(7-8-25(24)38-30)22-6-4-5-20(13-22)18-31/h4-8,13-15,17H,9-12,16,19H2,1-3H3. The normalized spacial score (nSPS) is 15.7. The summed E-state index contributed by atoms with van der Waals surface area (Å²) in [5.74, 6) is 1.63. The molecule has 1 saturated heterocycles. The molecule has 3 aromatic carbocycles. The number of hydrogen-bond acceptors (Lipinski definition) is 7. The molecule has 8 heteroatoms. The van der Waals surface area contributed by atoms with E-state index < -0.39 is 5.79 Å². The minimum Gasteiger partial charge on any atom is -0.493 e. The van der Waals surface area contributed by atoms with Gasteiger partial charge in [0.15, 0.2) is 11.5 Å². The highest BCUT2D eigenvalue weighted by Gasteiger charge is 2.42. The number of fused-ring (bicyclic) bond motifs is 1. The molecule has 0 aliphatic carbocycles. The Hall–Kier alpha value is -4.22. The molecule has 3 aromatic rings. The topological polar surface area (TPSA) is 90.2 Å². The van der Waals surface area contributed by atoms with Crippen LogP contribution in [0, 0.1) is 11.3 Å². The maximum absolute atomic E-state index is 13.1. The second-order valence-corrected chi connectivity index (χ2v) is 9.41. The van der Waals surface area contributed by atoms with Crippen LogP contribution >= 0.6 is 0 Å². The summed E-state index contributed by atoms with van der Waals surface area (Å²) < 4.78 is 28.8. The molecule has 1 amide bonds. The van der Waals surface area contributed by atoms with Crippen LogP contribution in [0.15, 0.2) is 54.6 Å². The minimum absolute atomic E-state index is 0.0228. The van der Waals surface area contributed by atoms with Crippen LogP contribution in [0.1, 0.15) is 29.5 Å². The van der Waals surface area contributed by atoms with E-state index in [1.54, 1.807) is 39.5 Å². The molecular weight excluding hydrogens is 484 g/mol. The summed E-state index contributed by atoms with van der Waals surface area (Å²) in [4.78, 5) is 15.0. The van der Waals surface area contributed by atoms with Crippen molar-refractivity contribution in [3.05, 3.63) is 71.3 Å². The summed E-state index contributed by atoms with van der Waals surface area (Å²) in [6, 6.07) is 19.3. The van der Waals surface area contributed by atoms with Crippen LogP contribution < -0.4 is 18.9 Å². The van der Waals surface area contributed by atoms with Gasteiger partial charge in [0.1, 0.15) is 5.75 Å². The quantitative estimate of drug-likeness (QED) is 0.470. The predicted octanol–water partition coefficient (Wildman–Crippen LogP) is 4.72. The maximum atomic E-state index is 13.1. The fourth-order valence-corrected chi connectivity index (χ4v) is 5.05. The highest BCUT2D eigenvalue weighted by atomic mass is 16.7. The van der Waals surface area contributed by atoms with Crippen LogP contribution in [0.4, 0.5) is 0 Å². The van der Waals surface area contributed by atoms with Gasteiger partial charge in [0.25, 0.3) is 0 Å². The van der Waals surface area contributed by atoms with E-state index in [-0.39, 0.29) is 12.3 Å². The van der Waals surface area contributed by atoms with Crippen LogP contribution in [0.3, 0.4) is 0 Å². The van der Waals surface area contributed by atoms with Crippen molar-refractivity contribution in [1.82, 2.24) is 4.90 Å². The minimum atomic E-state index is -0.738. The van der Waals surface area contributed by atoms with Crippen molar-refractivity contribution in [2.75, 3.05) is 34.4 Å². The van der Waals surface area contributed by atoms with E-state index in [0.717, 1.165) is 28.0 Å². The number of hydrogen-bond donors (Lipinski definition) is 0. The van der Waals surface area contributed by atoms with E-state index in [2.05, 4.69) is 12.1 Å². The van der Waals surface area contributed by atoms with Gasteiger partial charge in [-0.3, -0.25) is 4.79 Å². The average molecular weight is 515 g/mol. The molecule has 38 heavy (non-hydrogen) atoms. The lowest BCUT2D eigenvalue weighted by molar-refractivity contribution is -0.227. The summed E-state index contributed by atoms with van der Waals surface area (Å²) in [7, 11) is 4.67. The Balaban J connectivity index is 1.23. The van der Waals surface area contributed by atoms with Crippen molar-refractivity contribution in [1.29, 1.82) is 5.26 Å². The summed E-state index contributed by atoms with van der Waals surface area (Å²) in [5, 5.41) is 9.20. The van der Waals surface area contributed by atoms with Gasteiger partial charge in [-0.25, -0.2) is 0 Å². The molecule has 0 radical (unpaired) electrons. The molecular formula is C30H30N2O6. The Bertz CT molecular complexity index is 1360. The Morgan fingerprint density at radius 2 is 1.68 bits per heavy atom. The molecule has 0 saturated carbocycles. The Morgan fingerprint density at radius 3 is 2.34 bits per heavy atom. The van der Waals surface area contributed by atoms with E-state index in [1.807, 2.05) is 35.2 Å². The van der Waals surface area contributed by atoms with E-state index in [4.69, 9.17) is 23.7 Å². The molecule has 8 nitrogen and oxygen atoms in total. The van der Waals surface area contributed by atoms with Crippen LogP contribution in [-0.2, 0) is 22.6 Å².